The third-order valence-corrected chi connectivity index (χ3v) is 4.59. The van der Waals surface area contributed by atoms with Crippen LogP contribution in [0.2, 0.25) is 15.1 Å². The van der Waals surface area contributed by atoms with E-state index in [9.17, 15) is 19.7 Å². The molecule has 1 heterocycles. The largest absolute Gasteiger partial charge is 0.288 e. The lowest BCUT2D eigenvalue weighted by Crippen LogP contribution is -2.35. The summed E-state index contributed by atoms with van der Waals surface area (Å²) in [6.07, 6.45) is 1.25. The maximum absolute atomic E-state index is 12.5. The first-order valence-electron chi connectivity index (χ1n) is 7.04. The molecular formula is C16H8Cl3N3O4. The summed E-state index contributed by atoms with van der Waals surface area (Å²) in [5.74, 6) is -1.29. The van der Waals surface area contributed by atoms with Crippen LogP contribution in [0.1, 0.15) is 5.56 Å². The minimum absolute atomic E-state index is 0.0446. The molecule has 1 saturated heterocycles. The molecule has 0 aliphatic carbocycles. The van der Waals surface area contributed by atoms with Crippen molar-refractivity contribution < 1.29 is 14.5 Å². The van der Waals surface area contributed by atoms with Crippen molar-refractivity contribution in [3.05, 3.63) is 72.7 Å². The minimum Gasteiger partial charge on any atom is -0.267 e. The van der Waals surface area contributed by atoms with E-state index in [1.807, 2.05) is 0 Å². The van der Waals surface area contributed by atoms with Crippen molar-refractivity contribution in [2.45, 2.75) is 0 Å². The summed E-state index contributed by atoms with van der Waals surface area (Å²) in [5, 5.41) is 12.5. The Morgan fingerprint density at radius 1 is 1.00 bits per heavy atom. The smallest absolute Gasteiger partial charge is 0.267 e. The van der Waals surface area contributed by atoms with Crippen LogP contribution in [0.3, 0.4) is 0 Å². The molecule has 1 aliphatic rings. The monoisotopic (exact) mass is 411 g/mol. The van der Waals surface area contributed by atoms with E-state index >= 15 is 0 Å². The van der Waals surface area contributed by atoms with Crippen molar-refractivity contribution in [1.29, 1.82) is 0 Å². The van der Waals surface area contributed by atoms with Gasteiger partial charge in [0.05, 0.1) is 20.7 Å². The zero-order chi connectivity index (χ0) is 19.0. The van der Waals surface area contributed by atoms with Crippen molar-refractivity contribution in [2.75, 3.05) is 5.01 Å². The predicted octanol–water partition coefficient (Wildman–Crippen LogP) is 4.02. The van der Waals surface area contributed by atoms with Gasteiger partial charge in [-0.2, -0.15) is 0 Å². The number of nitro benzene ring substituents is 1. The molecule has 3 rings (SSSR count). The van der Waals surface area contributed by atoms with Crippen molar-refractivity contribution in [2.24, 2.45) is 0 Å². The third kappa shape index (κ3) is 3.37. The first kappa shape index (κ1) is 18.2. The molecule has 2 aromatic carbocycles. The second-order valence-electron chi connectivity index (χ2n) is 5.21. The Morgan fingerprint density at radius 3 is 2.35 bits per heavy atom. The molecule has 0 aromatic heterocycles. The third-order valence-electron chi connectivity index (χ3n) is 3.53. The highest BCUT2D eigenvalue weighted by atomic mass is 35.5. The van der Waals surface area contributed by atoms with Gasteiger partial charge >= 0.3 is 0 Å². The molecule has 0 saturated carbocycles. The Labute approximate surface area is 161 Å². The van der Waals surface area contributed by atoms with E-state index in [1.165, 1.54) is 42.5 Å². The molecular weight excluding hydrogens is 405 g/mol. The molecule has 0 unspecified atom stereocenters. The topological polar surface area (TPSA) is 92.6 Å². The Balaban J connectivity index is 1.96. The normalized spacial score (nSPS) is 15.5. The quantitative estimate of drug-likeness (QED) is 0.357. The zero-order valence-electron chi connectivity index (χ0n) is 12.7. The first-order chi connectivity index (χ1) is 12.3. The number of benzene rings is 2. The molecule has 132 valence electrons. The molecule has 0 spiro atoms. The lowest BCUT2D eigenvalue weighted by atomic mass is 10.1. The number of amides is 2. The fourth-order valence-corrected chi connectivity index (χ4v) is 2.77. The van der Waals surface area contributed by atoms with E-state index in [4.69, 9.17) is 34.8 Å². The number of rotatable bonds is 3. The van der Waals surface area contributed by atoms with Crippen LogP contribution in [-0.4, -0.2) is 16.7 Å². The molecule has 2 amide bonds. The van der Waals surface area contributed by atoms with Gasteiger partial charge in [0.1, 0.15) is 10.6 Å². The van der Waals surface area contributed by atoms with Gasteiger partial charge in [0.15, 0.2) is 0 Å². The highest BCUT2D eigenvalue weighted by Crippen LogP contribution is 2.30. The summed E-state index contributed by atoms with van der Waals surface area (Å²) >= 11 is 17.5. The minimum atomic E-state index is -0.654. The van der Waals surface area contributed by atoms with Crippen molar-refractivity contribution >= 4 is 64.1 Å². The lowest BCUT2D eigenvalue weighted by Gasteiger charge is -2.15. The van der Waals surface area contributed by atoms with Gasteiger partial charge in [-0.1, -0.05) is 40.9 Å². The summed E-state index contributed by atoms with van der Waals surface area (Å²) in [5.41, 5.74) is 2.50. The molecule has 1 fully saturated rings. The van der Waals surface area contributed by atoms with Gasteiger partial charge in [-0.25, -0.2) is 5.01 Å². The van der Waals surface area contributed by atoms with Gasteiger partial charge in [0.25, 0.3) is 17.5 Å². The van der Waals surface area contributed by atoms with Crippen LogP contribution in [-0.2, 0) is 9.59 Å². The van der Waals surface area contributed by atoms with E-state index in [2.05, 4.69) is 5.43 Å². The molecule has 0 radical (unpaired) electrons. The van der Waals surface area contributed by atoms with Crippen LogP contribution >= 0.6 is 34.8 Å². The van der Waals surface area contributed by atoms with E-state index in [0.29, 0.717) is 10.7 Å². The van der Waals surface area contributed by atoms with Crippen LogP contribution < -0.4 is 10.4 Å². The number of hydrogen-bond acceptors (Lipinski definition) is 4. The van der Waals surface area contributed by atoms with Crippen LogP contribution in [0.5, 0.6) is 0 Å². The SMILES string of the molecule is O=C1NN(c2ccc(Cl)c(Cl)c2)C(=O)/C1=C/c1ccc(Cl)c([N+](=O)[O-])c1. The van der Waals surface area contributed by atoms with Crippen molar-refractivity contribution in [1.82, 2.24) is 5.43 Å². The maximum atomic E-state index is 12.5. The van der Waals surface area contributed by atoms with Crippen molar-refractivity contribution in [3.63, 3.8) is 0 Å². The molecule has 0 atom stereocenters. The second-order valence-corrected chi connectivity index (χ2v) is 6.43. The summed E-state index contributed by atoms with van der Waals surface area (Å²) in [4.78, 5) is 35.0. The number of nitro groups is 1. The summed E-state index contributed by atoms with van der Waals surface area (Å²) < 4.78 is 0. The number of nitrogens with zero attached hydrogens (tertiary/aromatic N) is 2. The van der Waals surface area contributed by atoms with Gasteiger partial charge in [-0.15, -0.1) is 0 Å². The average molecular weight is 413 g/mol. The summed E-state index contributed by atoms with van der Waals surface area (Å²) in [6.45, 7) is 0. The Morgan fingerprint density at radius 2 is 1.69 bits per heavy atom. The summed E-state index contributed by atoms with van der Waals surface area (Å²) in [7, 11) is 0. The Hall–Kier alpha value is -2.61. The fourth-order valence-electron chi connectivity index (χ4n) is 2.29. The molecule has 1 aliphatic heterocycles. The number of carbonyl (C=O) groups is 2. The molecule has 26 heavy (non-hydrogen) atoms. The molecule has 10 heteroatoms. The van der Waals surface area contributed by atoms with Gasteiger partial charge in [0, 0.05) is 6.07 Å². The van der Waals surface area contributed by atoms with E-state index < -0.39 is 16.7 Å². The molecule has 0 bridgehead atoms. The lowest BCUT2D eigenvalue weighted by molar-refractivity contribution is -0.384. The number of halogens is 3. The van der Waals surface area contributed by atoms with Crippen molar-refractivity contribution in [3.8, 4) is 0 Å². The number of carbonyl (C=O) groups excluding carboxylic acids is 2. The number of anilines is 1. The highest BCUT2D eigenvalue weighted by molar-refractivity contribution is 6.42. The van der Waals surface area contributed by atoms with Crippen LogP contribution in [0.25, 0.3) is 6.08 Å². The highest BCUT2D eigenvalue weighted by Gasteiger charge is 2.34. The Kier molecular flexibility index (Phi) is 4.86. The zero-order valence-corrected chi connectivity index (χ0v) is 15.0. The van der Waals surface area contributed by atoms with Crippen LogP contribution in [0.4, 0.5) is 11.4 Å². The standard InChI is InChI=1S/C16H8Cl3N3O4/c17-11-4-2-9(7-13(11)19)21-16(24)10(15(23)20-21)5-8-1-3-12(18)14(6-8)22(25)26/h1-7H,(H,20,23)/b10-5+. The van der Waals surface area contributed by atoms with Gasteiger partial charge in [0.2, 0.25) is 0 Å². The predicted molar refractivity (Wildman–Crippen MR) is 98.2 cm³/mol. The molecule has 1 N–H and O–H groups in total. The fraction of sp³-hybridized carbons (Fsp3) is 0. The molecule has 2 aromatic rings. The maximum Gasteiger partial charge on any atom is 0.288 e. The number of hydrazine groups is 1. The molecule has 7 nitrogen and oxygen atoms in total. The van der Waals surface area contributed by atoms with E-state index in [1.54, 1.807) is 0 Å². The van der Waals surface area contributed by atoms with Crippen LogP contribution in [0.15, 0.2) is 42.0 Å². The van der Waals surface area contributed by atoms with Gasteiger partial charge < -0.3 is 0 Å². The Bertz CT molecular complexity index is 991. The average Bonchev–Trinajstić information content (AvgIpc) is 2.87. The number of hydrogen-bond donors (Lipinski definition) is 1. The first-order valence-corrected chi connectivity index (χ1v) is 8.17. The second kappa shape index (κ2) is 6.95. The van der Waals surface area contributed by atoms with Crippen LogP contribution in [0, 0.1) is 10.1 Å². The van der Waals surface area contributed by atoms with E-state index in [-0.39, 0.29) is 26.9 Å². The number of nitrogens with one attached hydrogen (secondary N) is 1. The van der Waals surface area contributed by atoms with E-state index in [0.717, 1.165) is 5.01 Å². The summed E-state index contributed by atoms with van der Waals surface area (Å²) in [6, 6.07) is 8.39. The van der Waals surface area contributed by atoms with Gasteiger partial charge in [-0.3, -0.25) is 25.1 Å². The van der Waals surface area contributed by atoms with Gasteiger partial charge in [-0.05, 0) is 35.9 Å².